The fourth-order valence-electron chi connectivity index (χ4n) is 3.43. The lowest BCUT2D eigenvalue weighted by Crippen LogP contribution is -2.16. The number of benzene rings is 1. The van der Waals surface area contributed by atoms with Gasteiger partial charge in [-0.25, -0.2) is 0 Å². The third-order valence-corrected chi connectivity index (χ3v) is 4.96. The average Bonchev–Trinajstić information content (AvgIpc) is 2.63. The predicted molar refractivity (Wildman–Crippen MR) is 110 cm³/mol. The normalized spacial score (nSPS) is 12.2. The fraction of sp³-hybridized carbons (Fsp3) is 0.750. The van der Waals surface area contributed by atoms with Crippen LogP contribution in [0.1, 0.15) is 110 Å². The van der Waals surface area contributed by atoms with Gasteiger partial charge in [0.1, 0.15) is 5.75 Å². The molecular weight excluding hydrogens is 304 g/mol. The molecule has 0 N–H and O–H groups in total. The van der Waals surface area contributed by atoms with Crippen LogP contribution in [0.3, 0.4) is 0 Å². The largest absolute Gasteiger partial charge is 0.490 e. The second-order valence-electron chi connectivity index (χ2n) is 7.43. The Morgan fingerprint density at radius 3 is 1.84 bits per heavy atom. The van der Waals surface area contributed by atoms with Gasteiger partial charge in [0.15, 0.2) is 0 Å². The molecule has 0 aromatic heterocycles. The highest BCUT2D eigenvalue weighted by Crippen LogP contribution is 2.18. The number of para-hydroxylation sites is 1. The Morgan fingerprint density at radius 1 is 0.720 bits per heavy atom. The molecule has 0 amide bonds. The average molecular weight is 346 g/mol. The summed E-state index contributed by atoms with van der Waals surface area (Å²) in [6.45, 7) is 4.53. The van der Waals surface area contributed by atoms with Gasteiger partial charge < -0.3 is 4.74 Å². The summed E-state index contributed by atoms with van der Waals surface area (Å²) in [6, 6.07) is 11.2. The molecule has 1 radical (unpaired) electrons. The van der Waals surface area contributed by atoms with Gasteiger partial charge in [0.25, 0.3) is 0 Å². The molecule has 0 saturated heterocycles. The lowest BCUT2D eigenvalue weighted by Gasteiger charge is -2.18. The third kappa shape index (κ3) is 13.0. The Morgan fingerprint density at radius 2 is 1.32 bits per heavy atom. The molecule has 1 aromatic carbocycles. The minimum Gasteiger partial charge on any atom is -0.490 e. The van der Waals surface area contributed by atoms with E-state index in [4.69, 9.17) is 4.74 Å². The Bertz CT molecular complexity index is 373. The van der Waals surface area contributed by atoms with E-state index >= 15 is 0 Å². The van der Waals surface area contributed by atoms with E-state index in [0.29, 0.717) is 6.10 Å². The number of rotatable bonds is 17. The number of hydrogen-bond acceptors (Lipinski definition) is 1. The Labute approximate surface area is 157 Å². The molecule has 0 aliphatic rings. The van der Waals surface area contributed by atoms with Crippen molar-refractivity contribution in [3.05, 3.63) is 30.3 Å². The van der Waals surface area contributed by atoms with Gasteiger partial charge in [-0.2, -0.15) is 0 Å². The van der Waals surface area contributed by atoms with E-state index in [9.17, 15) is 0 Å². The Balaban J connectivity index is 1.96. The van der Waals surface area contributed by atoms with Gasteiger partial charge in [0.05, 0.1) is 6.10 Å². The first-order valence-electron chi connectivity index (χ1n) is 11.0. The van der Waals surface area contributed by atoms with Crippen molar-refractivity contribution in [2.75, 3.05) is 0 Å². The zero-order valence-electron chi connectivity index (χ0n) is 16.9. The smallest absolute Gasteiger partial charge is 0.127 e. The molecule has 0 aliphatic carbocycles. The summed E-state index contributed by atoms with van der Waals surface area (Å²) < 4.78 is 6.10. The molecule has 0 bridgehead atoms. The molecule has 1 heteroatoms. The second kappa shape index (κ2) is 16.5. The molecule has 0 spiro atoms. The minimum atomic E-state index is 0.367. The van der Waals surface area contributed by atoms with Crippen molar-refractivity contribution in [1.29, 1.82) is 0 Å². The van der Waals surface area contributed by atoms with E-state index in [0.717, 1.165) is 12.2 Å². The van der Waals surface area contributed by atoms with Crippen LogP contribution in [0.15, 0.2) is 24.3 Å². The summed E-state index contributed by atoms with van der Waals surface area (Å²) in [5, 5.41) is 0. The number of ether oxygens (including phenoxy) is 1. The maximum atomic E-state index is 6.10. The molecule has 143 valence electrons. The molecule has 25 heavy (non-hydrogen) atoms. The molecule has 0 aliphatic heterocycles. The zero-order chi connectivity index (χ0) is 18.0. The number of unbranched alkanes of at least 4 members (excludes halogenated alkanes) is 11. The van der Waals surface area contributed by atoms with Crippen molar-refractivity contribution in [1.82, 2.24) is 0 Å². The van der Waals surface area contributed by atoms with Crippen LogP contribution < -0.4 is 4.74 Å². The van der Waals surface area contributed by atoms with Crippen LogP contribution >= 0.6 is 0 Å². The number of hydrogen-bond donors (Lipinski definition) is 0. The van der Waals surface area contributed by atoms with Crippen molar-refractivity contribution >= 4 is 0 Å². The summed E-state index contributed by atoms with van der Waals surface area (Å²) >= 11 is 0. The van der Waals surface area contributed by atoms with Crippen molar-refractivity contribution in [3.8, 4) is 5.75 Å². The van der Waals surface area contributed by atoms with Gasteiger partial charge in [0.2, 0.25) is 0 Å². The third-order valence-electron chi connectivity index (χ3n) is 4.96. The quantitative estimate of drug-likeness (QED) is 0.259. The van der Waals surface area contributed by atoms with Crippen LogP contribution in [0.4, 0.5) is 0 Å². The van der Waals surface area contributed by atoms with Crippen LogP contribution in [0, 0.1) is 6.07 Å². The maximum absolute atomic E-state index is 6.10. The van der Waals surface area contributed by atoms with Gasteiger partial charge in [-0.15, -0.1) is 0 Å². The molecule has 0 heterocycles. The Hall–Kier alpha value is -0.980. The predicted octanol–water partition coefficient (Wildman–Crippen LogP) is 8.13. The summed E-state index contributed by atoms with van der Waals surface area (Å²) in [5.74, 6) is 0.903. The monoisotopic (exact) mass is 345 g/mol. The molecule has 1 aromatic rings. The first-order valence-corrected chi connectivity index (χ1v) is 11.0. The zero-order valence-corrected chi connectivity index (χ0v) is 16.9. The van der Waals surface area contributed by atoms with Crippen LogP contribution in [0.25, 0.3) is 0 Å². The lowest BCUT2D eigenvalue weighted by atomic mass is 10.0. The first kappa shape index (κ1) is 22.1. The molecule has 1 unspecified atom stereocenters. The Kier molecular flexibility index (Phi) is 14.5. The first-order chi connectivity index (χ1) is 12.4. The second-order valence-corrected chi connectivity index (χ2v) is 7.43. The van der Waals surface area contributed by atoms with Crippen LogP contribution in [-0.4, -0.2) is 6.10 Å². The fourth-order valence-corrected chi connectivity index (χ4v) is 3.43. The van der Waals surface area contributed by atoms with Crippen molar-refractivity contribution < 1.29 is 4.74 Å². The summed E-state index contributed by atoms with van der Waals surface area (Å²) in [7, 11) is 0. The van der Waals surface area contributed by atoms with Crippen molar-refractivity contribution in [2.45, 2.75) is 116 Å². The molecule has 1 rings (SSSR count). The van der Waals surface area contributed by atoms with Crippen LogP contribution in [0.2, 0.25) is 0 Å². The van der Waals surface area contributed by atoms with Gasteiger partial charge in [-0.1, -0.05) is 109 Å². The van der Waals surface area contributed by atoms with Gasteiger partial charge in [0, 0.05) is 6.07 Å². The molecule has 1 nitrogen and oxygen atoms in total. The van der Waals surface area contributed by atoms with Crippen molar-refractivity contribution in [3.63, 3.8) is 0 Å². The molecule has 1 atom stereocenters. The highest BCUT2D eigenvalue weighted by atomic mass is 16.5. The van der Waals surface area contributed by atoms with E-state index in [1.807, 2.05) is 24.3 Å². The minimum absolute atomic E-state index is 0.367. The SMILES string of the molecule is CCCCCCCCCCCCCCC(CCC)Oc1[c]cccc1. The van der Waals surface area contributed by atoms with Crippen LogP contribution in [0.5, 0.6) is 5.75 Å². The van der Waals surface area contributed by atoms with E-state index in [1.165, 1.54) is 89.9 Å². The topological polar surface area (TPSA) is 9.23 Å². The van der Waals surface area contributed by atoms with Crippen molar-refractivity contribution in [2.24, 2.45) is 0 Å². The van der Waals surface area contributed by atoms with Gasteiger partial charge in [-0.05, 0) is 25.3 Å². The highest BCUT2D eigenvalue weighted by Gasteiger charge is 2.09. The molecule has 0 saturated carbocycles. The van der Waals surface area contributed by atoms with E-state index < -0.39 is 0 Å². The van der Waals surface area contributed by atoms with E-state index in [1.54, 1.807) is 0 Å². The summed E-state index contributed by atoms with van der Waals surface area (Å²) in [6.07, 6.45) is 20.8. The van der Waals surface area contributed by atoms with E-state index in [-0.39, 0.29) is 0 Å². The standard InChI is InChI=1S/C24H41O/c1-3-5-6-7-8-9-10-11-12-13-14-16-20-23(19-4-2)25-24-21-17-15-18-22-24/h15,17-18,21,23H,3-14,16,19-20H2,1-2H3. The van der Waals surface area contributed by atoms with Gasteiger partial charge >= 0.3 is 0 Å². The van der Waals surface area contributed by atoms with Gasteiger partial charge in [-0.3, -0.25) is 0 Å². The van der Waals surface area contributed by atoms with E-state index in [2.05, 4.69) is 19.9 Å². The lowest BCUT2D eigenvalue weighted by molar-refractivity contribution is 0.175. The summed E-state index contributed by atoms with van der Waals surface area (Å²) in [5.41, 5.74) is 0. The molecule has 0 fully saturated rings. The summed E-state index contributed by atoms with van der Waals surface area (Å²) in [4.78, 5) is 0. The molecular formula is C24H41O. The maximum Gasteiger partial charge on any atom is 0.127 e. The van der Waals surface area contributed by atoms with Crippen LogP contribution in [-0.2, 0) is 0 Å². The highest BCUT2D eigenvalue weighted by molar-refractivity contribution is 5.19.